The SMILES string of the molecule is COCC1CCCN(S(=O)(=O)NC2CCN(Cc3ccccc3)CC2)C1. The molecule has 2 heterocycles. The Kier molecular flexibility index (Phi) is 7.05. The smallest absolute Gasteiger partial charge is 0.279 e. The van der Waals surface area contributed by atoms with Crippen molar-refractivity contribution < 1.29 is 13.2 Å². The number of piperidine rings is 2. The van der Waals surface area contributed by atoms with E-state index >= 15 is 0 Å². The van der Waals surface area contributed by atoms with Gasteiger partial charge in [-0.2, -0.15) is 17.4 Å². The van der Waals surface area contributed by atoms with Crippen LogP contribution in [0.4, 0.5) is 0 Å². The topological polar surface area (TPSA) is 61.9 Å². The molecule has 7 heteroatoms. The first-order valence-corrected chi connectivity index (χ1v) is 11.0. The van der Waals surface area contributed by atoms with Gasteiger partial charge in [-0.15, -0.1) is 0 Å². The third kappa shape index (κ3) is 5.50. The molecule has 1 atom stereocenters. The largest absolute Gasteiger partial charge is 0.384 e. The summed E-state index contributed by atoms with van der Waals surface area (Å²) in [6, 6.07) is 10.5. The Hall–Kier alpha value is -0.990. The van der Waals surface area contributed by atoms with E-state index in [9.17, 15) is 8.42 Å². The molecule has 146 valence electrons. The summed E-state index contributed by atoms with van der Waals surface area (Å²) in [6.07, 6.45) is 3.67. The highest BCUT2D eigenvalue weighted by Gasteiger charge is 2.31. The fourth-order valence-corrected chi connectivity index (χ4v) is 5.54. The molecule has 3 rings (SSSR count). The highest BCUT2D eigenvalue weighted by atomic mass is 32.2. The fourth-order valence-electron chi connectivity index (χ4n) is 3.95. The summed E-state index contributed by atoms with van der Waals surface area (Å²) in [4.78, 5) is 2.40. The summed E-state index contributed by atoms with van der Waals surface area (Å²) >= 11 is 0. The Morgan fingerprint density at radius 3 is 2.54 bits per heavy atom. The number of hydrogen-bond acceptors (Lipinski definition) is 4. The number of nitrogens with one attached hydrogen (secondary N) is 1. The van der Waals surface area contributed by atoms with E-state index in [1.54, 1.807) is 11.4 Å². The Bertz CT molecular complexity index is 643. The van der Waals surface area contributed by atoms with Crippen molar-refractivity contribution in [2.24, 2.45) is 5.92 Å². The van der Waals surface area contributed by atoms with Crippen LogP contribution < -0.4 is 4.72 Å². The van der Waals surface area contributed by atoms with E-state index in [1.165, 1.54) is 5.56 Å². The molecule has 0 amide bonds. The van der Waals surface area contributed by atoms with Crippen molar-refractivity contribution in [3.63, 3.8) is 0 Å². The van der Waals surface area contributed by atoms with Crippen molar-refractivity contribution >= 4 is 10.2 Å². The van der Waals surface area contributed by atoms with Crippen LogP contribution >= 0.6 is 0 Å². The molecule has 1 unspecified atom stereocenters. The zero-order chi connectivity index (χ0) is 18.4. The van der Waals surface area contributed by atoms with E-state index in [-0.39, 0.29) is 6.04 Å². The number of rotatable bonds is 7. The zero-order valence-corrected chi connectivity index (χ0v) is 16.5. The molecule has 1 aromatic rings. The van der Waals surface area contributed by atoms with Gasteiger partial charge >= 0.3 is 0 Å². The second-order valence-corrected chi connectivity index (χ2v) is 9.18. The summed E-state index contributed by atoms with van der Waals surface area (Å²) < 4.78 is 35.2. The van der Waals surface area contributed by atoms with E-state index in [0.29, 0.717) is 25.6 Å². The standard InChI is InChI=1S/C19H31N3O3S/c1-25-16-18-8-5-11-22(15-18)26(23,24)20-19-9-12-21(13-10-19)14-17-6-3-2-4-7-17/h2-4,6-7,18-20H,5,8-16H2,1H3. The Morgan fingerprint density at radius 2 is 1.85 bits per heavy atom. The minimum absolute atomic E-state index is 0.0369. The van der Waals surface area contributed by atoms with Gasteiger partial charge in [0.2, 0.25) is 0 Å². The third-order valence-electron chi connectivity index (χ3n) is 5.38. The number of methoxy groups -OCH3 is 1. The summed E-state index contributed by atoms with van der Waals surface area (Å²) in [6.45, 7) is 4.59. The molecule has 2 aliphatic rings. The molecule has 2 saturated heterocycles. The Labute approximate surface area is 157 Å². The molecule has 1 N–H and O–H groups in total. The molecule has 0 bridgehead atoms. The zero-order valence-electron chi connectivity index (χ0n) is 15.6. The lowest BCUT2D eigenvalue weighted by Crippen LogP contribution is -2.52. The van der Waals surface area contributed by atoms with Gasteiger partial charge in [0.05, 0.1) is 6.61 Å². The maximum Gasteiger partial charge on any atom is 0.279 e. The van der Waals surface area contributed by atoms with Crippen molar-refractivity contribution in [2.45, 2.75) is 38.3 Å². The molecule has 0 spiro atoms. The van der Waals surface area contributed by atoms with E-state index < -0.39 is 10.2 Å². The first-order chi connectivity index (χ1) is 12.6. The predicted octanol–water partition coefficient (Wildman–Crippen LogP) is 1.84. The molecular weight excluding hydrogens is 350 g/mol. The van der Waals surface area contributed by atoms with Gasteiger partial charge < -0.3 is 4.74 Å². The van der Waals surface area contributed by atoms with Gasteiger partial charge in [-0.05, 0) is 37.2 Å². The third-order valence-corrected chi connectivity index (χ3v) is 7.02. The first-order valence-electron chi connectivity index (χ1n) is 9.59. The lowest BCUT2D eigenvalue weighted by Gasteiger charge is -2.35. The van der Waals surface area contributed by atoms with Crippen LogP contribution in [0, 0.1) is 5.92 Å². The van der Waals surface area contributed by atoms with Crippen LogP contribution in [0.3, 0.4) is 0 Å². The number of ether oxygens (including phenoxy) is 1. The highest BCUT2D eigenvalue weighted by Crippen LogP contribution is 2.20. The summed E-state index contributed by atoms with van der Waals surface area (Å²) in [5.74, 6) is 0.304. The van der Waals surface area contributed by atoms with E-state index in [1.807, 2.05) is 6.07 Å². The van der Waals surface area contributed by atoms with Crippen LogP contribution in [0.5, 0.6) is 0 Å². The fraction of sp³-hybridized carbons (Fsp3) is 0.684. The van der Waals surface area contributed by atoms with Crippen molar-refractivity contribution in [1.82, 2.24) is 13.9 Å². The number of likely N-dealkylation sites (tertiary alicyclic amines) is 1. The molecule has 0 aliphatic carbocycles. The molecular formula is C19H31N3O3S. The maximum absolute atomic E-state index is 12.7. The number of nitrogens with zero attached hydrogens (tertiary/aromatic N) is 2. The van der Waals surface area contributed by atoms with E-state index in [4.69, 9.17) is 4.74 Å². The summed E-state index contributed by atoms with van der Waals surface area (Å²) in [5, 5.41) is 0. The molecule has 26 heavy (non-hydrogen) atoms. The normalized spacial score (nSPS) is 24.0. The van der Waals surface area contributed by atoms with Gasteiger partial charge in [-0.3, -0.25) is 4.90 Å². The molecule has 2 aliphatic heterocycles. The highest BCUT2D eigenvalue weighted by molar-refractivity contribution is 7.87. The van der Waals surface area contributed by atoms with Crippen molar-refractivity contribution in [3.8, 4) is 0 Å². The summed E-state index contributed by atoms with van der Waals surface area (Å²) in [7, 11) is -1.73. The van der Waals surface area contributed by atoms with E-state index in [2.05, 4.69) is 33.9 Å². The second-order valence-electron chi connectivity index (χ2n) is 7.48. The van der Waals surface area contributed by atoms with Crippen molar-refractivity contribution in [1.29, 1.82) is 0 Å². The van der Waals surface area contributed by atoms with Crippen LogP contribution in [0.15, 0.2) is 30.3 Å². The quantitative estimate of drug-likeness (QED) is 0.783. The second kappa shape index (κ2) is 9.28. The molecule has 2 fully saturated rings. The van der Waals surface area contributed by atoms with Crippen LogP contribution in [0.2, 0.25) is 0 Å². The minimum atomic E-state index is -3.40. The lowest BCUT2D eigenvalue weighted by atomic mass is 10.0. The molecule has 6 nitrogen and oxygen atoms in total. The van der Waals surface area contributed by atoms with Crippen LogP contribution in [0.1, 0.15) is 31.2 Å². The van der Waals surface area contributed by atoms with Gasteiger partial charge in [0.1, 0.15) is 0 Å². The molecule has 0 aromatic heterocycles. The monoisotopic (exact) mass is 381 g/mol. The molecule has 0 radical (unpaired) electrons. The predicted molar refractivity (Wildman–Crippen MR) is 103 cm³/mol. The van der Waals surface area contributed by atoms with Crippen molar-refractivity contribution in [3.05, 3.63) is 35.9 Å². The Balaban J connectivity index is 1.47. The maximum atomic E-state index is 12.7. The van der Waals surface area contributed by atoms with Gasteiger partial charge in [0, 0.05) is 45.9 Å². The molecule has 1 aromatic carbocycles. The molecule has 0 saturated carbocycles. The number of hydrogen-bond donors (Lipinski definition) is 1. The van der Waals surface area contributed by atoms with Gasteiger partial charge in [-0.25, -0.2) is 0 Å². The Morgan fingerprint density at radius 1 is 1.12 bits per heavy atom. The summed E-state index contributed by atoms with van der Waals surface area (Å²) in [5.41, 5.74) is 1.31. The minimum Gasteiger partial charge on any atom is -0.384 e. The van der Waals surface area contributed by atoms with Crippen LogP contribution in [-0.2, 0) is 21.5 Å². The average molecular weight is 382 g/mol. The number of benzene rings is 1. The van der Waals surface area contributed by atoms with Gasteiger partial charge in [0.15, 0.2) is 0 Å². The van der Waals surface area contributed by atoms with Crippen LogP contribution in [-0.4, -0.2) is 63.6 Å². The van der Waals surface area contributed by atoms with Crippen LogP contribution in [0.25, 0.3) is 0 Å². The van der Waals surface area contributed by atoms with Crippen molar-refractivity contribution in [2.75, 3.05) is 39.9 Å². The van der Waals surface area contributed by atoms with Gasteiger partial charge in [-0.1, -0.05) is 30.3 Å². The average Bonchev–Trinajstić information content (AvgIpc) is 2.65. The van der Waals surface area contributed by atoms with Gasteiger partial charge in [0.25, 0.3) is 10.2 Å². The first kappa shape index (κ1) is 19.8. The lowest BCUT2D eigenvalue weighted by molar-refractivity contribution is 0.117. The van der Waals surface area contributed by atoms with E-state index in [0.717, 1.165) is 45.3 Å².